The van der Waals surface area contributed by atoms with Crippen molar-refractivity contribution in [3.8, 4) is 5.75 Å². The molecule has 1 amide bonds. The van der Waals surface area contributed by atoms with Crippen molar-refractivity contribution in [2.24, 2.45) is 0 Å². The Labute approximate surface area is 226 Å². The first-order valence-electron chi connectivity index (χ1n) is 12.3. The summed E-state index contributed by atoms with van der Waals surface area (Å²) in [5.41, 5.74) is 1.32. The standard InChI is InChI=1S/C27H23BrN4O6/c28-20-14-17(10-11-23(20)38-15-16-5-3-6-18(13-16)31(34)35)24-22-9-4-12-30(22)27(25(24)32(36)37)19-7-1-2-8-21(19)29-26(27)33/h1-3,5-8,10-11,13-14,22,24-25H,4,9,12,15H2,(H,29,33)/t22-,24-,25+,27-/m0/s1. The topological polar surface area (TPSA) is 128 Å². The highest BCUT2D eigenvalue weighted by molar-refractivity contribution is 9.10. The quantitative estimate of drug-likeness (QED) is 0.322. The van der Waals surface area contributed by atoms with Crippen LogP contribution in [0.3, 0.4) is 0 Å². The third-order valence-corrected chi connectivity index (χ3v) is 8.57. The summed E-state index contributed by atoms with van der Waals surface area (Å²) in [6.45, 7) is 0.732. The Morgan fingerprint density at radius 1 is 1.08 bits per heavy atom. The average Bonchev–Trinajstić information content (AvgIpc) is 3.56. The van der Waals surface area contributed by atoms with Gasteiger partial charge in [0.1, 0.15) is 12.4 Å². The van der Waals surface area contributed by atoms with Gasteiger partial charge in [-0.2, -0.15) is 0 Å². The predicted octanol–water partition coefficient (Wildman–Crippen LogP) is 4.99. The van der Waals surface area contributed by atoms with Crippen LogP contribution in [0.25, 0.3) is 0 Å². The normalized spacial score (nSPS) is 25.7. The van der Waals surface area contributed by atoms with Gasteiger partial charge in [-0.1, -0.05) is 36.4 Å². The predicted molar refractivity (Wildman–Crippen MR) is 142 cm³/mol. The summed E-state index contributed by atoms with van der Waals surface area (Å²) in [5, 5.41) is 26.7. The van der Waals surface area contributed by atoms with Crippen molar-refractivity contribution in [3.05, 3.63) is 108 Å². The van der Waals surface area contributed by atoms with E-state index in [-0.39, 0.29) is 29.2 Å². The number of para-hydroxylation sites is 1. The highest BCUT2D eigenvalue weighted by atomic mass is 79.9. The summed E-state index contributed by atoms with van der Waals surface area (Å²) in [5.74, 6) is -0.338. The Bertz CT molecular complexity index is 1480. The van der Waals surface area contributed by atoms with E-state index in [4.69, 9.17) is 4.74 Å². The zero-order valence-electron chi connectivity index (χ0n) is 20.1. The number of fused-ring (bicyclic) bond motifs is 4. The number of nitrogens with zero attached hydrogens (tertiary/aromatic N) is 3. The van der Waals surface area contributed by atoms with E-state index in [1.54, 1.807) is 24.3 Å². The third kappa shape index (κ3) is 3.60. The summed E-state index contributed by atoms with van der Waals surface area (Å²) in [4.78, 5) is 38.7. The Morgan fingerprint density at radius 2 is 1.89 bits per heavy atom. The van der Waals surface area contributed by atoms with Crippen molar-refractivity contribution < 1.29 is 19.4 Å². The van der Waals surface area contributed by atoms with Gasteiger partial charge in [0.2, 0.25) is 0 Å². The number of nitro benzene ring substituents is 1. The molecule has 2 saturated heterocycles. The number of nitro groups is 2. The Morgan fingerprint density at radius 3 is 2.66 bits per heavy atom. The molecule has 3 aliphatic heterocycles. The maximum Gasteiger partial charge on any atom is 0.269 e. The number of carbonyl (C=O) groups is 1. The second-order valence-electron chi connectivity index (χ2n) is 9.83. The monoisotopic (exact) mass is 578 g/mol. The molecular weight excluding hydrogens is 556 g/mol. The number of halogens is 1. The van der Waals surface area contributed by atoms with Gasteiger partial charge in [-0.15, -0.1) is 0 Å². The van der Waals surface area contributed by atoms with Crippen molar-refractivity contribution in [2.75, 3.05) is 11.9 Å². The number of anilines is 1. The molecule has 38 heavy (non-hydrogen) atoms. The van der Waals surface area contributed by atoms with Crippen LogP contribution in [0.15, 0.2) is 71.2 Å². The molecule has 0 radical (unpaired) electrons. The number of ether oxygens (including phenoxy) is 1. The van der Waals surface area contributed by atoms with Gasteiger partial charge in [-0.05, 0) is 58.1 Å². The lowest BCUT2D eigenvalue weighted by Gasteiger charge is -2.32. The van der Waals surface area contributed by atoms with E-state index >= 15 is 0 Å². The highest BCUT2D eigenvalue weighted by Crippen LogP contribution is 2.58. The van der Waals surface area contributed by atoms with Gasteiger partial charge in [0.15, 0.2) is 5.54 Å². The highest BCUT2D eigenvalue weighted by Gasteiger charge is 2.73. The van der Waals surface area contributed by atoms with E-state index in [0.717, 1.165) is 18.4 Å². The van der Waals surface area contributed by atoms with Crippen molar-refractivity contribution in [3.63, 3.8) is 0 Å². The lowest BCUT2D eigenvalue weighted by atomic mass is 9.77. The SMILES string of the molecule is O=C1Nc2ccccc2[C@]12[C@H]([N+](=O)[O-])[C@@H](c1ccc(OCc3cccc([N+](=O)[O-])c3)c(Br)c1)[C@@H]1CCCN12. The number of benzene rings is 3. The minimum Gasteiger partial charge on any atom is -0.488 e. The number of rotatable bonds is 6. The molecule has 1 N–H and O–H groups in total. The van der Waals surface area contributed by atoms with Crippen LogP contribution in [0.4, 0.5) is 11.4 Å². The van der Waals surface area contributed by atoms with Crippen LogP contribution in [-0.2, 0) is 16.9 Å². The van der Waals surface area contributed by atoms with Crippen molar-refractivity contribution in [1.29, 1.82) is 0 Å². The summed E-state index contributed by atoms with van der Waals surface area (Å²) in [6.07, 6.45) is 1.61. The van der Waals surface area contributed by atoms with E-state index < -0.39 is 22.4 Å². The fraction of sp³-hybridized carbons (Fsp3) is 0.296. The molecule has 6 rings (SSSR count). The molecule has 1 spiro atoms. The average molecular weight is 579 g/mol. The maximum atomic E-state index is 13.6. The molecule has 0 unspecified atom stereocenters. The minimum absolute atomic E-state index is 0.0138. The molecule has 11 heteroatoms. The van der Waals surface area contributed by atoms with Crippen LogP contribution >= 0.6 is 15.9 Å². The lowest BCUT2D eigenvalue weighted by molar-refractivity contribution is -0.534. The van der Waals surface area contributed by atoms with Crippen LogP contribution in [0.5, 0.6) is 5.75 Å². The Kier molecular flexibility index (Phi) is 5.92. The number of hydrogen-bond donors (Lipinski definition) is 1. The molecule has 0 bridgehead atoms. The zero-order chi connectivity index (χ0) is 26.6. The van der Waals surface area contributed by atoms with Gasteiger partial charge in [0.25, 0.3) is 17.6 Å². The largest absolute Gasteiger partial charge is 0.488 e. The molecule has 10 nitrogen and oxygen atoms in total. The molecule has 3 aliphatic rings. The molecule has 194 valence electrons. The van der Waals surface area contributed by atoms with E-state index in [0.29, 0.717) is 33.6 Å². The van der Waals surface area contributed by atoms with Crippen LogP contribution in [0, 0.1) is 20.2 Å². The first-order valence-corrected chi connectivity index (χ1v) is 13.1. The second kappa shape index (κ2) is 9.17. The maximum absolute atomic E-state index is 13.6. The summed E-state index contributed by atoms with van der Waals surface area (Å²) < 4.78 is 6.53. The number of hydrogen-bond acceptors (Lipinski definition) is 7. The summed E-state index contributed by atoms with van der Waals surface area (Å²) >= 11 is 3.55. The molecule has 2 fully saturated rings. The van der Waals surface area contributed by atoms with Gasteiger partial charge >= 0.3 is 0 Å². The second-order valence-corrected chi connectivity index (χ2v) is 10.7. The van der Waals surface area contributed by atoms with Gasteiger partial charge in [0, 0.05) is 40.9 Å². The van der Waals surface area contributed by atoms with E-state index in [2.05, 4.69) is 21.2 Å². The van der Waals surface area contributed by atoms with Crippen molar-refractivity contribution >= 4 is 33.2 Å². The molecule has 0 aromatic heterocycles. The van der Waals surface area contributed by atoms with Crippen molar-refractivity contribution in [1.82, 2.24) is 4.90 Å². The smallest absolute Gasteiger partial charge is 0.269 e. The number of carbonyl (C=O) groups excluding carboxylic acids is 1. The van der Waals surface area contributed by atoms with Gasteiger partial charge in [0.05, 0.1) is 15.3 Å². The van der Waals surface area contributed by atoms with Gasteiger partial charge in [-0.25, -0.2) is 0 Å². The third-order valence-electron chi connectivity index (χ3n) is 7.95. The van der Waals surface area contributed by atoms with E-state index in [1.165, 1.54) is 12.1 Å². The molecule has 3 aromatic carbocycles. The van der Waals surface area contributed by atoms with E-state index in [9.17, 15) is 25.0 Å². The number of non-ortho nitro benzene ring substituents is 1. The Hall–Kier alpha value is -3.83. The van der Waals surface area contributed by atoms with Crippen molar-refractivity contribution in [2.45, 2.75) is 43.0 Å². The molecule has 3 aromatic rings. The zero-order valence-corrected chi connectivity index (χ0v) is 21.7. The Balaban J connectivity index is 1.35. The first kappa shape index (κ1) is 24.5. The van der Waals surface area contributed by atoms with Gasteiger partial charge < -0.3 is 10.1 Å². The molecule has 0 saturated carbocycles. The fourth-order valence-corrected chi connectivity index (χ4v) is 7.05. The van der Waals surface area contributed by atoms with Crippen LogP contribution < -0.4 is 10.1 Å². The molecule has 0 aliphatic carbocycles. The first-order chi connectivity index (χ1) is 18.3. The molecular formula is C27H23BrN4O6. The number of nitrogens with one attached hydrogen (secondary N) is 1. The van der Waals surface area contributed by atoms with Gasteiger partial charge in [-0.3, -0.25) is 29.9 Å². The summed E-state index contributed by atoms with van der Waals surface area (Å²) in [7, 11) is 0. The van der Waals surface area contributed by atoms with Crippen LogP contribution in [0.1, 0.15) is 35.4 Å². The fourth-order valence-electron chi connectivity index (χ4n) is 6.54. The van der Waals surface area contributed by atoms with Crippen LogP contribution in [0.2, 0.25) is 0 Å². The molecule has 3 heterocycles. The molecule has 4 atom stereocenters. The lowest BCUT2D eigenvalue weighted by Crippen LogP contribution is -2.55. The number of amides is 1. The minimum atomic E-state index is -1.37. The summed E-state index contributed by atoms with van der Waals surface area (Å²) in [6, 6.07) is 17.6. The van der Waals surface area contributed by atoms with Crippen LogP contribution in [-0.4, -0.2) is 39.3 Å². The van der Waals surface area contributed by atoms with E-state index in [1.807, 2.05) is 35.2 Å².